The van der Waals surface area contributed by atoms with Crippen molar-refractivity contribution in [2.75, 3.05) is 25.1 Å². The smallest absolute Gasteiger partial charge is 0.255 e. The molecule has 1 aliphatic rings. The van der Waals surface area contributed by atoms with Gasteiger partial charge in [0.15, 0.2) is 0 Å². The predicted molar refractivity (Wildman–Crippen MR) is 64.8 cm³/mol. The van der Waals surface area contributed by atoms with Gasteiger partial charge < -0.3 is 10.1 Å². The minimum Gasteiger partial charge on any atom is -0.370 e. The summed E-state index contributed by atoms with van der Waals surface area (Å²) < 4.78 is 4.85. The van der Waals surface area contributed by atoms with E-state index < -0.39 is 0 Å². The second-order valence-corrected chi connectivity index (χ2v) is 3.95. The third-order valence-corrected chi connectivity index (χ3v) is 2.58. The van der Waals surface area contributed by atoms with Gasteiger partial charge in [0.1, 0.15) is 19.0 Å². The molecule has 6 heteroatoms. The number of amides is 2. The van der Waals surface area contributed by atoms with Gasteiger partial charge >= 0.3 is 0 Å². The van der Waals surface area contributed by atoms with Gasteiger partial charge in [0.25, 0.3) is 11.8 Å². The minimum atomic E-state index is -0.304. The largest absolute Gasteiger partial charge is 0.370 e. The fourth-order valence-corrected chi connectivity index (χ4v) is 1.68. The van der Waals surface area contributed by atoms with Crippen molar-refractivity contribution in [3.05, 3.63) is 23.9 Å². The van der Waals surface area contributed by atoms with Crippen LogP contribution in [-0.2, 0) is 20.9 Å². The SMILES string of the molecule is CCNc1ccc(CN2C(=O)COCC2=O)cn1. The Labute approximate surface area is 105 Å². The Morgan fingerprint density at radius 3 is 2.61 bits per heavy atom. The van der Waals surface area contributed by atoms with E-state index in [2.05, 4.69) is 10.3 Å². The van der Waals surface area contributed by atoms with Crippen molar-refractivity contribution in [3.8, 4) is 0 Å². The molecule has 18 heavy (non-hydrogen) atoms. The fraction of sp³-hybridized carbons (Fsp3) is 0.417. The molecule has 0 atom stereocenters. The van der Waals surface area contributed by atoms with Crippen molar-refractivity contribution in [1.29, 1.82) is 0 Å². The molecule has 2 rings (SSSR count). The summed E-state index contributed by atoms with van der Waals surface area (Å²) in [5.74, 6) is 0.171. The lowest BCUT2D eigenvalue weighted by Crippen LogP contribution is -2.45. The number of hydrogen-bond acceptors (Lipinski definition) is 5. The Morgan fingerprint density at radius 2 is 2.06 bits per heavy atom. The van der Waals surface area contributed by atoms with Crippen LogP contribution in [0.15, 0.2) is 18.3 Å². The average molecular weight is 249 g/mol. The van der Waals surface area contributed by atoms with Crippen molar-refractivity contribution in [3.63, 3.8) is 0 Å². The summed E-state index contributed by atoms with van der Waals surface area (Å²) in [4.78, 5) is 28.4. The van der Waals surface area contributed by atoms with E-state index in [-0.39, 0.29) is 31.6 Å². The lowest BCUT2D eigenvalue weighted by molar-refractivity contribution is -0.159. The topological polar surface area (TPSA) is 71.5 Å². The second kappa shape index (κ2) is 5.59. The van der Waals surface area contributed by atoms with E-state index in [1.165, 1.54) is 4.90 Å². The summed E-state index contributed by atoms with van der Waals surface area (Å²) in [6, 6.07) is 3.68. The van der Waals surface area contributed by atoms with Gasteiger partial charge in [0.05, 0.1) is 6.54 Å². The van der Waals surface area contributed by atoms with Gasteiger partial charge in [-0.3, -0.25) is 14.5 Å². The Kier molecular flexibility index (Phi) is 3.88. The van der Waals surface area contributed by atoms with E-state index in [1.807, 2.05) is 19.1 Å². The zero-order valence-electron chi connectivity index (χ0n) is 10.2. The molecule has 0 spiro atoms. The summed E-state index contributed by atoms with van der Waals surface area (Å²) in [5, 5.41) is 3.08. The lowest BCUT2D eigenvalue weighted by Gasteiger charge is -2.24. The second-order valence-electron chi connectivity index (χ2n) is 3.95. The van der Waals surface area contributed by atoms with E-state index >= 15 is 0 Å². The molecule has 0 aromatic carbocycles. The number of morpholine rings is 1. The van der Waals surface area contributed by atoms with Crippen molar-refractivity contribution in [1.82, 2.24) is 9.88 Å². The number of aromatic nitrogens is 1. The molecule has 2 amide bonds. The molecule has 1 aromatic heterocycles. The van der Waals surface area contributed by atoms with Gasteiger partial charge in [-0.05, 0) is 18.6 Å². The monoisotopic (exact) mass is 249 g/mol. The van der Waals surface area contributed by atoms with Crippen LogP contribution in [0.2, 0.25) is 0 Å². The fourth-order valence-electron chi connectivity index (χ4n) is 1.68. The van der Waals surface area contributed by atoms with Crippen LogP contribution < -0.4 is 5.32 Å². The zero-order valence-corrected chi connectivity index (χ0v) is 10.2. The van der Waals surface area contributed by atoms with Gasteiger partial charge in [0, 0.05) is 12.7 Å². The number of carbonyl (C=O) groups is 2. The summed E-state index contributed by atoms with van der Waals surface area (Å²) in [5.41, 5.74) is 0.820. The van der Waals surface area contributed by atoms with E-state index in [9.17, 15) is 9.59 Å². The highest BCUT2D eigenvalue weighted by Gasteiger charge is 2.26. The van der Waals surface area contributed by atoms with Gasteiger partial charge in [-0.1, -0.05) is 6.07 Å². The molecule has 0 radical (unpaired) electrons. The maximum Gasteiger partial charge on any atom is 0.255 e. The molecule has 96 valence electrons. The van der Waals surface area contributed by atoms with Crippen molar-refractivity contribution in [2.45, 2.75) is 13.5 Å². The van der Waals surface area contributed by atoms with Crippen molar-refractivity contribution in [2.24, 2.45) is 0 Å². The molecule has 1 aliphatic heterocycles. The van der Waals surface area contributed by atoms with Crippen LogP contribution in [0.3, 0.4) is 0 Å². The highest BCUT2D eigenvalue weighted by Crippen LogP contribution is 2.10. The van der Waals surface area contributed by atoms with Crippen LogP contribution in [0.5, 0.6) is 0 Å². The minimum absolute atomic E-state index is 0.0331. The van der Waals surface area contributed by atoms with Crippen LogP contribution in [0.4, 0.5) is 5.82 Å². The lowest BCUT2D eigenvalue weighted by atomic mass is 10.2. The summed E-state index contributed by atoms with van der Waals surface area (Å²) in [6.07, 6.45) is 1.66. The van der Waals surface area contributed by atoms with E-state index in [0.717, 1.165) is 17.9 Å². The number of anilines is 1. The summed E-state index contributed by atoms with van der Waals surface area (Å²) in [7, 11) is 0. The van der Waals surface area contributed by atoms with Crippen LogP contribution in [-0.4, -0.2) is 41.5 Å². The number of nitrogens with zero attached hydrogens (tertiary/aromatic N) is 2. The third kappa shape index (κ3) is 2.84. The first-order chi connectivity index (χ1) is 8.70. The number of hydrogen-bond donors (Lipinski definition) is 1. The Balaban J connectivity index is 2.03. The number of nitrogens with one attached hydrogen (secondary N) is 1. The van der Waals surface area contributed by atoms with Gasteiger partial charge in [0.2, 0.25) is 0 Å². The average Bonchev–Trinajstić information content (AvgIpc) is 2.36. The third-order valence-electron chi connectivity index (χ3n) is 2.58. The summed E-state index contributed by atoms with van der Waals surface area (Å²) in [6.45, 7) is 2.97. The van der Waals surface area contributed by atoms with Crippen LogP contribution in [0.1, 0.15) is 12.5 Å². The van der Waals surface area contributed by atoms with Crippen LogP contribution >= 0.6 is 0 Å². The quantitative estimate of drug-likeness (QED) is 0.782. The molecule has 1 saturated heterocycles. The van der Waals surface area contributed by atoms with Crippen molar-refractivity contribution >= 4 is 17.6 Å². The molecule has 1 aromatic rings. The van der Waals surface area contributed by atoms with Crippen LogP contribution in [0.25, 0.3) is 0 Å². The molecule has 1 fully saturated rings. The van der Waals surface area contributed by atoms with Crippen LogP contribution in [0, 0.1) is 0 Å². The van der Waals surface area contributed by atoms with E-state index in [0.29, 0.717) is 0 Å². The maximum atomic E-state index is 11.5. The van der Waals surface area contributed by atoms with Crippen molar-refractivity contribution < 1.29 is 14.3 Å². The molecule has 6 nitrogen and oxygen atoms in total. The number of rotatable bonds is 4. The Morgan fingerprint density at radius 1 is 1.33 bits per heavy atom. The molecule has 1 N–H and O–H groups in total. The van der Waals surface area contributed by atoms with E-state index in [1.54, 1.807) is 6.20 Å². The molecular formula is C12H15N3O3. The molecule has 0 unspecified atom stereocenters. The highest BCUT2D eigenvalue weighted by atomic mass is 16.5. The number of pyridine rings is 1. The maximum absolute atomic E-state index is 11.5. The first kappa shape index (κ1) is 12.5. The van der Waals surface area contributed by atoms with Gasteiger partial charge in [-0.2, -0.15) is 0 Å². The number of carbonyl (C=O) groups excluding carboxylic acids is 2. The first-order valence-electron chi connectivity index (χ1n) is 5.80. The molecular weight excluding hydrogens is 234 g/mol. The normalized spacial score (nSPS) is 15.9. The summed E-state index contributed by atoms with van der Waals surface area (Å²) >= 11 is 0. The Hall–Kier alpha value is -1.95. The highest BCUT2D eigenvalue weighted by molar-refractivity contribution is 5.98. The molecule has 0 saturated carbocycles. The predicted octanol–water partition coefficient (Wildman–Crippen LogP) is 0.399. The first-order valence-corrected chi connectivity index (χ1v) is 5.80. The van der Waals surface area contributed by atoms with E-state index in [4.69, 9.17) is 4.74 Å². The molecule has 0 aliphatic carbocycles. The molecule has 2 heterocycles. The molecule has 0 bridgehead atoms. The number of ether oxygens (including phenoxy) is 1. The van der Waals surface area contributed by atoms with Gasteiger partial charge in [-0.25, -0.2) is 4.98 Å². The standard InChI is InChI=1S/C12H15N3O3/c1-2-13-10-4-3-9(5-14-10)6-15-11(16)7-18-8-12(15)17/h3-5H,2,6-8H2,1H3,(H,13,14). The number of imide groups is 1. The Bertz CT molecular complexity index is 428. The zero-order chi connectivity index (χ0) is 13.0. The van der Waals surface area contributed by atoms with Gasteiger partial charge in [-0.15, -0.1) is 0 Å².